The van der Waals surface area contributed by atoms with Gasteiger partial charge in [0.1, 0.15) is 6.04 Å². The summed E-state index contributed by atoms with van der Waals surface area (Å²) < 4.78 is 38.6. The molecule has 0 saturated carbocycles. The van der Waals surface area contributed by atoms with Crippen molar-refractivity contribution in [2.24, 2.45) is 0 Å². The SMILES string of the molecule is CCC(NC(=O)c1cc(NC(C)=O)cc(C(F)(F)F)c1)C(=O)O. The number of benzene rings is 1. The number of carbonyl (C=O) groups excluding carboxylic acids is 2. The fourth-order valence-electron chi connectivity index (χ4n) is 1.78. The minimum Gasteiger partial charge on any atom is -0.480 e. The summed E-state index contributed by atoms with van der Waals surface area (Å²) in [6, 6.07) is 1.10. The van der Waals surface area contributed by atoms with Crippen LogP contribution in [0.15, 0.2) is 18.2 Å². The van der Waals surface area contributed by atoms with Crippen molar-refractivity contribution in [2.75, 3.05) is 5.32 Å². The minimum atomic E-state index is -4.72. The van der Waals surface area contributed by atoms with Gasteiger partial charge in [0.05, 0.1) is 5.56 Å². The van der Waals surface area contributed by atoms with Crippen molar-refractivity contribution in [1.29, 1.82) is 0 Å². The van der Waals surface area contributed by atoms with Crippen LogP contribution in [-0.2, 0) is 15.8 Å². The van der Waals surface area contributed by atoms with E-state index in [1.807, 2.05) is 0 Å². The van der Waals surface area contributed by atoms with Gasteiger partial charge in [-0.2, -0.15) is 13.2 Å². The fourth-order valence-corrected chi connectivity index (χ4v) is 1.78. The van der Waals surface area contributed by atoms with E-state index in [9.17, 15) is 27.6 Å². The van der Waals surface area contributed by atoms with Gasteiger partial charge in [0.2, 0.25) is 5.91 Å². The van der Waals surface area contributed by atoms with Gasteiger partial charge in [0, 0.05) is 18.2 Å². The Hall–Kier alpha value is -2.58. The number of carboxylic acid groups (broad SMARTS) is 1. The molecule has 0 aliphatic heterocycles. The summed E-state index contributed by atoms with van der Waals surface area (Å²) in [4.78, 5) is 33.9. The lowest BCUT2D eigenvalue weighted by molar-refractivity contribution is -0.139. The maximum Gasteiger partial charge on any atom is 0.416 e. The van der Waals surface area contributed by atoms with Crippen LogP contribution in [0, 0.1) is 0 Å². The average Bonchev–Trinajstić information content (AvgIpc) is 2.42. The quantitative estimate of drug-likeness (QED) is 0.771. The second kappa shape index (κ2) is 7.12. The van der Waals surface area contributed by atoms with Crippen LogP contribution >= 0.6 is 0 Å². The Morgan fingerprint density at radius 3 is 2.26 bits per heavy atom. The predicted octanol–water partition coefficient (Wildman–Crippen LogP) is 2.26. The second-order valence-corrected chi connectivity index (χ2v) is 4.75. The number of carboxylic acids is 1. The first kappa shape index (κ1) is 18.5. The van der Waals surface area contributed by atoms with Gasteiger partial charge in [-0.3, -0.25) is 9.59 Å². The van der Waals surface area contributed by atoms with Crippen LogP contribution in [0.5, 0.6) is 0 Å². The average molecular weight is 332 g/mol. The Balaban J connectivity index is 3.20. The van der Waals surface area contributed by atoms with Gasteiger partial charge >= 0.3 is 12.1 Å². The van der Waals surface area contributed by atoms with Crippen molar-refractivity contribution in [1.82, 2.24) is 5.32 Å². The minimum absolute atomic E-state index is 0.0680. The van der Waals surface area contributed by atoms with Crippen LogP contribution in [0.1, 0.15) is 36.2 Å². The standard InChI is InChI=1S/C14H15F3N2O4/c1-3-11(13(22)23)19-12(21)8-4-9(14(15,16)17)6-10(5-8)18-7(2)20/h4-6,11H,3H2,1-2H3,(H,18,20)(H,19,21)(H,22,23). The van der Waals surface area contributed by atoms with Crippen LogP contribution in [0.2, 0.25) is 0 Å². The highest BCUT2D eigenvalue weighted by atomic mass is 19.4. The summed E-state index contributed by atoms with van der Waals surface area (Å²) in [5.41, 5.74) is -1.73. The molecule has 2 amide bonds. The summed E-state index contributed by atoms with van der Waals surface area (Å²) in [6.07, 6.45) is -4.65. The Morgan fingerprint density at radius 1 is 1.22 bits per heavy atom. The van der Waals surface area contributed by atoms with E-state index in [0.717, 1.165) is 13.0 Å². The molecule has 126 valence electrons. The van der Waals surface area contributed by atoms with E-state index in [0.29, 0.717) is 12.1 Å². The van der Waals surface area contributed by atoms with Gasteiger partial charge in [0.15, 0.2) is 0 Å². The molecule has 0 spiro atoms. The molecule has 0 saturated heterocycles. The van der Waals surface area contributed by atoms with E-state index >= 15 is 0 Å². The highest BCUT2D eigenvalue weighted by molar-refractivity contribution is 5.98. The summed E-state index contributed by atoms with van der Waals surface area (Å²) in [5, 5.41) is 13.2. The first-order valence-electron chi connectivity index (χ1n) is 6.58. The van der Waals surface area contributed by atoms with Crippen LogP contribution in [-0.4, -0.2) is 28.9 Å². The van der Waals surface area contributed by atoms with Gasteiger partial charge in [0.25, 0.3) is 5.91 Å². The third-order valence-electron chi connectivity index (χ3n) is 2.85. The maximum absolute atomic E-state index is 12.9. The lowest BCUT2D eigenvalue weighted by Gasteiger charge is -2.15. The van der Waals surface area contributed by atoms with E-state index in [1.165, 1.54) is 6.92 Å². The molecule has 0 radical (unpaired) electrons. The molecule has 0 aliphatic rings. The van der Waals surface area contributed by atoms with E-state index in [2.05, 4.69) is 10.6 Å². The van der Waals surface area contributed by atoms with Gasteiger partial charge in [-0.05, 0) is 24.6 Å². The lowest BCUT2D eigenvalue weighted by atomic mass is 10.1. The molecule has 1 atom stereocenters. The monoisotopic (exact) mass is 332 g/mol. The Kier molecular flexibility index (Phi) is 5.72. The Bertz CT molecular complexity index is 629. The van der Waals surface area contributed by atoms with Gasteiger partial charge in [-0.15, -0.1) is 0 Å². The molecule has 6 nitrogen and oxygen atoms in total. The third-order valence-corrected chi connectivity index (χ3v) is 2.85. The molecule has 9 heteroatoms. The second-order valence-electron chi connectivity index (χ2n) is 4.75. The molecule has 0 heterocycles. The summed E-state index contributed by atoms with van der Waals surface area (Å²) in [5.74, 6) is -2.88. The van der Waals surface area contributed by atoms with Crippen LogP contribution in [0.3, 0.4) is 0 Å². The van der Waals surface area contributed by atoms with Crippen molar-refractivity contribution < 1.29 is 32.7 Å². The molecule has 1 rings (SSSR count). The molecular weight excluding hydrogens is 317 g/mol. The Labute approximate surface area is 129 Å². The summed E-state index contributed by atoms with van der Waals surface area (Å²) >= 11 is 0. The normalized spacial score (nSPS) is 12.4. The van der Waals surface area contributed by atoms with E-state index in [1.54, 1.807) is 0 Å². The van der Waals surface area contributed by atoms with Crippen molar-refractivity contribution in [2.45, 2.75) is 32.5 Å². The first-order valence-corrected chi connectivity index (χ1v) is 6.58. The molecule has 1 unspecified atom stereocenters. The number of alkyl halides is 3. The number of aliphatic carboxylic acids is 1. The summed E-state index contributed by atoms with van der Waals surface area (Å²) in [6.45, 7) is 2.62. The highest BCUT2D eigenvalue weighted by Crippen LogP contribution is 2.32. The van der Waals surface area contributed by atoms with Gasteiger partial charge in [-0.25, -0.2) is 4.79 Å². The Morgan fingerprint density at radius 2 is 1.83 bits per heavy atom. The van der Waals surface area contributed by atoms with Crippen LogP contribution < -0.4 is 10.6 Å². The van der Waals surface area contributed by atoms with Crippen molar-refractivity contribution in [3.05, 3.63) is 29.3 Å². The molecule has 1 aromatic carbocycles. The molecule has 0 aliphatic carbocycles. The highest BCUT2D eigenvalue weighted by Gasteiger charge is 2.32. The van der Waals surface area contributed by atoms with Crippen molar-refractivity contribution in [3.63, 3.8) is 0 Å². The van der Waals surface area contributed by atoms with Crippen molar-refractivity contribution in [3.8, 4) is 0 Å². The number of hydrogen-bond donors (Lipinski definition) is 3. The van der Waals surface area contributed by atoms with E-state index in [-0.39, 0.29) is 12.1 Å². The number of rotatable bonds is 5. The molecule has 1 aromatic rings. The molecule has 0 bridgehead atoms. The van der Waals surface area contributed by atoms with Gasteiger partial charge < -0.3 is 15.7 Å². The number of nitrogens with one attached hydrogen (secondary N) is 2. The molecule has 23 heavy (non-hydrogen) atoms. The molecule has 0 aromatic heterocycles. The largest absolute Gasteiger partial charge is 0.480 e. The van der Waals surface area contributed by atoms with Crippen LogP contribution in [0.25, 0.3) is 0 Å². The number of hydrogen-bond acceptors (Lipinski definition) is 3. The van der Waals surface area contributed by atoms with Gasteiger partial charge in [-0.1, -0.05) is 6.92 Å². The predicted molar refractivity (Wildman–Crippen MR) is 74.9 cm³/mol. The zero-order valence-corrected chi connectivity index (χ0v) is 12.3. The maximum atomic E-state index is 12.9. The summed E-state index contributed by atoms with van der Waals surface area (Å²) in [7, 11) is 0. The first-order chi connectivity index (χ1) is 10.5. The van der Waals surface area contributed by atoms with Crippen molar-refractivity contribution >= 4 is 23.5 Å². The van der Waals surface area contributed by atoms with Crippen LogP contribution in [0.4, 0.5) is 18.9 Å². The molecule has 0 fully saturated rings. The topological polar surface area (TPSA) is 95.5 Å². The van der Waals surface area contributed by atoms with E-state index in [4.69, 9.17) is 5.11 Å². The smallest absolute Gasteiger partial charge is 0.416 e. The number of halogens is 3. The number of carbonyl (C=O) groups is 3. The number of anilines is 1. The zero-order valence-electron chi connectivity index (χ0n) is 12.3. The number of amides is 2. The molecular formula is C14H15F3N2O4. The fraction of sp³-hybridized carbons (Fsp3) is 0.357. The zero-order chi connectivity index (χ0) is 17.8. The molecule has 3 N–H and O–H groups in total. The lowest BCUT2D eigenvalue weighted by Crippen LogP contribution is -2.40. The van der Waals surface area contributed by atoms with E-state index < -0.39 is 41.1 Å². The third kappa shape index (κ3) is 5.28.